The zero-order valence-electron chi connectivity index (χ0n) is 32.5. The molecule has 0 saturated carbocycles. The average molecular weight is 822 g/mol. The van der Waals surface area contributed by atoms with Crippen molar-refractivity contribution < 1.29 is 63.6 Å². The number of rotatable bonds is 23. The van der Waals surface area contributed by atoms with Crippen molar-refractivity contribution in [3.05, 3.63) is 29.8 Å². The third-order valence-corrected chi connectivity index (χ3v) is 9.29. The molecule has 15 N–H and O–H groups in total. The average Bonchev–Trinajstić information content (AvgIpc) is 3.66. The van der Waals surface area contributed by atoms with Crippen LogP contribution >= 0.6 is 0 Å². The topological polar surface area (TPSA) is 376 Å². The van der Waals surface area contributed by atoms with Crippen LogP contribution in [0.5, 0.6) is 5.75 Å². The Morgan fingerprint density at radius 1 is 0.741 bits per heavy atom. The first-order chi connectivity index (χ1) is 27.2. The summed E-state index contributed by atoms with van der Waals surface area (Å²) in [6, 6.07) is -4.63. The SMILES string of the molecule is CC(C)[C@H](NC(=O)[C@H](CCC(N)=O)NC(=O)[C@@H](N)CCC(N)=O)C(=O)N[C@@H](Cc1ccc(O)cc1)C(=O)N[C@H](C(=O)N[C@@H](CO)C(=O)N1CCC[C@H]1C(=O)O)[C@@H](C)O. The van der Waals surface area contributed by atoms with Crippen LogP contribution in [0.25, 0.3) is 0 Å². The van der Waals surface area contributed by atoms with E-state index in [2.05, 4.69) is 26.6 Å². The zero-order valence-corrected chi connectivity index (χ0v) is 32.5. The maximum absolute atomic E-state index is 13.9. The summed E-state index contributed by atoms with van der Waals surface area (Å²) < 4.78 is 0. The van der Waals surface area contributed by atoms with E-state index in [9.17, 15) is 63.6 Å². The van der Waals surface area contributed by atoms with Gasteiger partial charge in [0.05, 0.1) is 18.8 Å². The molecule has 2 rings (SSSR count). The van der Waals surface area contributed by atoms with Crippen molar-refractivity contribution >= 4 is 53.2 Å². The minimum atomic E-state index is -1.77. The van der Waals surface area contributed by atoms with Crippen LogP contribution in [-0.2, 0) is 49.6 Å². The van der Waals surface area contributed by atoms with E-state index in [4.69, 9.17) is 17.2 Å². The van der Waals surface area contributed by atoms with Gasteiger partial charge in [0, 0.05) is 25.8 Å². The van der Waals surface area contributed by atoms with Gasteiger partial charge in [0.25, 0.3) is 0 Å². The summed E-state index contributed by atoms with van der Waals surface area (Å²) in [6.45, 7) is 3.39. The first kappa shape index (κ1) is 48.3. The third kappa shape index (κ3) is 14.9. The fraction of sp³-hybridized carbons (Fsp3) is 0.583. The predicted molar refractivity (Wildman–Crippen MR) is 202 cm³/mol. The molecule has 1 aliphatic rings. The van der Waals surface area contributed by atoms with Gasteiger partial charge >= 0.3 is 5.97 Å². The Kier molecular flexibility index (Phi) is 18.9. The van der Waals surface area contributed by atoms with Gasteiger partial charge in [-0.15, -0.1) is 0 Å². The van der Waals surface area contributed by atoms with E-state index >= 15 is 0 Å². The van der Waals surface area contributed by atoms with Gasteiger partial charge in [0.15, 0.2) is 0 Å². The normalized spacial score (nSPS) is 17.4. The van der Waals surface area contributed by atoms with Crippen molar-refractivity contribution in [2.75, 3.05) is 13.2 Å². The van der Waals surface area contributed by atoms with E-state index in [0.717, 1.165) is 11.8 Å². The lowest BCUT2D eigenvalue weighted by atomic mass is 9.99. The molecule has 22 heteroatoms. The molecule has 0 bridgehead atoms. The highest BCUT2D eigenvalue weighted by atomic mass is 16.4. The maximum Gasteiger partial charge on any atom is 0.326 e. The number of nitrogens with one attached hydrogen (secondary N) is 5. The predicted octanol–water partition coefficient (Wildman–Crippen LogP) is -4.68. The lowest BCUT2D eigenvalue weighted by Gasteiger charge is -2.30. The molecule has 0 aliphatic carbocycles. The summed E-state index contributed by atoms with van der Waals surface area (Å²) in [5, 5.41) is 51.7. The number of nitrogens with zero attached hydrogens (tertiary/aromatic N) is 1. The van der Waals surface area contributed by atoms with Crippen molar-refractivity contribution in [3.8, 4) is 5.75 Å². The molecule has 322 valence electrons. The fourth-order valence-electron chi connectivity index (χ4n) is 5.98. The second kappa shape index (κ2) is 22.8. The molecule has 1 aliphatic heterocycles. The molecule has 1 aromatic carbocycles. The quantitative estimate of drug-likeness (QED) is 0.0494. The largest absolute Gasteiger partial charge is 0.508 e. The second-order valence-corrected chi connectivity index (χ2v) is 14.3. The Morgan fingerprint density at radius 2 is 1.26 bits per heavy atom. The highest BCUT2D eigenvalue weighted by molar-refractivity contribution is 5.97. The number of carbonyl (C=O) groups is 9. The number of likely N-dealkylation sites (tertiary alicyclic amines) is 1. The lowest BCUT2D eigenvalue weighted by Crippen LogP contribution is -2.62. The van der Waals surface area contributed by atoms with Crippen molar-refractivity contribution in [1.82, 2.24) is 31.5 Å². The summed E-state index contributed by atoms with van der Waals surface area (Å²) in [5.74, 6) is -9.27. The smallest absolute Gasteiger partial charge is 0.326 e. The zero-order chi connectivity index (χ0) is 43.9. The second-order valence-electron chi connectivity index (χ2n) is 14.3. The number of aromatic hydroxyl groups is 1. The summed E-state index contributed by atoms with van der Waals surface area (Å²) in [5.41, 5.74) is 16.6. The molecule has 0 spiro atoms. The van der Waals surface area contributed by atoms with E-state index in [0.29, 0.717) is 12.0 Å². The molecule has 8 atom stereocenters. The monoisotopic (exact) mass is 821 g/mol. The standard InChI is InChI=1S/C36H55N9O13/c1-17(2)28(43-31(52)22(11-13-27(39)50)40-30(51)21(37)10-12-26(38)49)33(54)41-23(15-19-6-8-20(48)9-7-19)32(53)44-29(18(3)47)34(55)42-24(16-46)35(56)45-14-4-5-25(45)36(57)58/h6-9,17-18,21-25,28-29,46-48H,4-5,10-16,37H2,1-3H3,(H2,38,49)(H2,39,50)(H,40,51)(H,41,54)(H,42,55)(H,43,52)(H,44,53)(H,57,58)/t18-,21+,22+,23+,24+,25+,28+,29+/m1/s1. The Labute approximate surface area is 334 Å². The Bertz CT molecular complexity index is 1660. The highest BCUT2D eigenvalue weighted by Gasteiger charge is 2.39. The molecular formula is C36H55N9O13. The Balaban J connectivity index is 2.34. The van der Waals surface area contributed by atoms with Crippen LogP contribution in [0.1, 0.15) is 64.9 Å². The van der Waals surface area contributed by atoms with Gasteiger partial charge in [0.2, 0.25) is 47.3 Å². The van der Waals surface area contributed by atoms with E-state index in [1.165, 1.54) is 24.3 Å². The van der Waals surface area contributed by atoms with Gasteiger partial charge in [-0.05, 0) is 56.2 Å². The molecule has 0 radical (unpaired) electrons. The lowest BCUT2D eigenvalue weighted by molar-refractivity contribution is -0.150. The van der Waals surface area contributed by atoms with Gasteiger partial charge in [-0.1, -0.05) is 26.0 Å². The number of carboxylic acids is 1. The summed E-state index contributed by atoms with van der Waals surface area (Å²) in [4.78, 5) is 116. The van der Waals surface area contributed by atoms with Crippen molar-refractivity contribution in [3.63, 3.8) is 0 Å². The number of aliphatic carboxylic acids is 1. The van der Waals surface area contributed by atoms with Crippen LogP contribution < -0.4 is 43.8 Å². The number of aliphatic hydroxyl groups is 2. The molecule has 1 fully saturated rings. The molecular weight excluding hydrogens is 766 g/mol. The van der Waals surface area contributed by atoms with Crippen LogP contribution in [-0.4, -0.2) is 140 Å². The number of amides is 8. The number of primary amides is 2. The molecule has 1 aromatic rings. The summed E-state index contributed by atoms with van der Waals surface area (Å²) in [6.07, 6.45) is -2.34. The number of phenols is 1. The van der Waals surface area contributed by atoms with Crippen LogP contribution in [0.2, 0.25) is 0 Å². The van der Waals surface area contributed by atoms with E-state index in [-0.39, 0.29) is 50.8 Å². The van der Waals surface area contributed by atoms with Crippen molar-refractivity contribution in [2.45, 2.75) is 114 Å². The summed E-state index contributed by atoms with van der Waals surface area (Å²) in [7, 11) is 0. The van der Waals surface area contributed by atoms with Crippen LogP contribution in [0.3, 0.4) is 0 Å². The first-order valence-corrected chi connectivity index (χ1v) is 18.6. The number of carboxylic acid groups (broad SMARTS) is 1. The Hall–Kier alpha value is -5.87. The van der Waals surface area contributed by atoms with E-state index in [1.54, 1.807) is 13.8 Å². The first-order valence-electron chi connectivity index (χ1n) is 18.6. The molecule has 8 amide bonds. The molecule has 58 heavy (non-hydrogen) atoms. The number of benzene rings is 1. The van der Waals surface area contributed by atoms with Gasteiger partial charge < -0.3 is 69.1 Å². The molecule has 22 nitrogen and oxygen atoms in total. The van der Waals surface area contributed by atoms with E-state index in [1.807, 2.05) is 0 Å². The van der Waals surface area contributed by atoms with Crippen molar-refractivity contribution in [1.29, 1.82) is 0 Å². The van der Waals surface area contributed by atoms with Gasteiger partial charge in [0.1, 0.15) is 42.0 Å². The Morgan fingerprint density at radius 3 is 1.79 bits per heavy atom. The fourth-order valence-corrected chi connectivity index (χ4v) is 5.98. The molecule has 1 heterocycles. The number of hydrogen-bond donors (Lipinski definition) is 12. The van der Waals surface area contributed by atoms with Gasteiger partial charge in [-0.2, -0.15) is 0 Å². The van der Waals surface area contributed by atoms with Crippen LogP contribution in [0, 0.1) is 5.92 Å². The van der Waals surface area contributed by atoms with E-state index < -0.39 is 114 Å². The number of carbonyl (C=O) groups excluding carboxylic acids is 8. The minimum Gasteiger partial charge on any atom is -0.508 e. The summed E-state index contributed by atoms with van der Waals surface area (Å²) >= 11 is 0. The highest BCUT2D eigenvalue weighted by Crippen LogP contribution is 2.19. The van der Waals surface area contributed by atoms with Crippen LogP contribution in [0.15, 0.2) is 24.3 Å². The number of phenolic OH excluding ortho intramolecular Hbond substituents is 1. The molecule has 1 saturated heterocycles. The molecule has 0 aromatic heterocycles. The number of aliphatic hydroxyl groups excluding tert-OH is 2. The number of nitrogens with two attached hydrogens (primary N) is 3. The van der Waals surface area contributed by atoms with Crippen LogP contribution in [0.4, 0.5) is 0 Å². The maximum atomic E-state index is 13.9. The van der Waals surface area contributed by atoms with Crippen molar-refractivity contribution in [2.24, 2.45) is 23.1 Å². The van der Waals surface area contributed by atoms with Gasteiger partial charge in [-0.3, -0.25) is 38.4 Å². The minimum absolute atomic E-state index is 0.0600. The third-order valence-electron chi connectivity index (χ3n) is 9.29. The molecule has 0 unspecified atom stereocenters. The number of hydrogen-bond acceptors (Lipinski definition) is 13. The van der Waals surface area contributed by atoms with Gasteiger partial charge in [-0.25, -0.2) is 4.79 Å².